The molecule has 3 N–H and O–H groups in total. The van der Waals surface area contributed by atoms with Crippen molar-refractivity contribution in [2.24, 2.45) is 0 Å². The zero-order valence-corrected chi connectivity index (χ0v) is 12.5. The molecule has 1 aromatic heterocycles. The summed E-state index contributed by atoms with van der Waals surface area (Å²) in [5.74, 6) is -0.670. The number of aromatic nitrogens is 2. The summed E-state index contributed by atoms with van der Waals surface area (Å²) in [5, 5.41) is 8.39. The van der Waals surface area contributed by atoms with Crippen molar-refractivity contribution in [2.75, 3.05) is 10.5 Å². The third kappa shape index (κ3) is 2.88. The second-order valence-corrected chi connectivity index (χ2v) is 6.80. The fourth-order valence-corrected chi connectivity index (χ4v) is 3.76. The van der Waals surface area contributed by atoms with E-state index in [1.807, 2.05) is 6.92 Å². The molecular weight excluding hydrogens is 303 g/mol. The molecule has 0 fully saturated rings. The van der Waals surface area contributed by atoms with Crippen molar-refractivity contribution in [3.05, 3.63) is 28.5 Å². The minimum atomic E-state index is -3.95. The van der Waals surface area contributed by atoms with Gasteiger partial charge in [0.15, 0.2) is 0 Å². The molecule has 6 nitrogen and oxygen atoms in total. The van der Waals surface area contributed by atoms with Crippen molar-refractivity contribution in [1.29, 1.82) is 0 Å². The Morgan fingerprint density at radius 3 is 2.70 bits per heavy atom. The van der Waals surface area contributed by atoms with Gasteiger partial charge in [-0.3, -0.25) is 4.72 Å². The van der Waals surface area contributed by atoms with Crippen molar-refractivity contribution < 1.29 is 12.8 Å². The maximum Gasteiger partial charge on any atom is 0.264 e. The lowest BCUT2D eigenvalue weighted by atomic mass is 10.2. The van der Waals surface area contributed by atoms with E-state index in [9.17, 15) is 12.8 Å². The van der Waals surface area contributed by atoms with E-state index < -0.39 is 15.8 Å². The van der Waals surface area contributed by atoms with E-state index in [0.29, 0.717) is 11.4 Å². The first-order valence-corrected chi connectivity index (χ1v) is 8.04. The van der Waals surface area contributed by atoms with Gasteiger partial charge in [0.25, 0.3) is 10.0 Å². The Labute approximate surface area is 119 Å². The molecule has 0 saturated heterocycles. The van der Waals surface area contributed by atoms with E-state index >= 15 is 0 Å². The van der Waals surface area contributed by atoms with Gasteiger partial charge >= 0.3 is 0 Å². The van der Waals surface area contributed by atoms with Crippen LogP contribution in [0.2, 0.25) is 0 Å². The lowest BCUT2D eigenvalue weighted by molar-refractivity contribution is 0.591. The molecule has 0 amide bonds. The van der Waals surface area contributed by atoms with Gasteiger partial charge in [0.05, 0.1) is 4.90 Å². The molecule has 0 atom stereocenters. The molecule has 20 heavy (non-hydrogen) atoms. The standard InChI is InChI=1S/C11H13FN4O2S2/c1-3-10-14-15-11(19-10)16-20(17,18)9-5-7(13)4-8(12)6(9)2/h4-5H,3,13H2,1-2H3,(H,15,16). The highest BCUT2D eigenvalue weighted by Crippen LogP contribution is 2.25. The van der Waals surface area contributed by atoms with Crippen molar-refractivity contribution in [3.63, 3.8) is 0 Å². The third-order valence-electron chi connectivity index (χ3n) is 2.60. The molecule has 0 radical (unpaired) electrons. The van der Waals surface area contributed by atoms with E-state index in [-0.39, 0.29) is 21.3 Å². The highest BCUT2D eigenvalue weighted by atomic mass is 32.2. The molecule has 0 spiro atoms. The Morgan fingerprint density at radius 1 is 1.40 bits per heavy atom. The molecule has 108 valence electrons. The van der Waals surface area contributed by atoms with E-state index in [1.165, 1.54) is 13.0 Å². The number of halogens is 1. The molecule has 0 unspecified atom stereocenters. The van der Waals surface area contributed by atoms with Crippen LogP contribution in [0.15, 0.2) is 17.0 Å². The predicted molar refractivity (Wildman–Crippen MR) is 75.6 cm³/mol. The van der Waals surface area contributed by atoms with Gasteiger partial charge < -0.3 is 5.73 Å². The number of anilines is 2. The van der Waals surface area contributed by atoms with Gasteiger partial charge in [-0.05, 0) is 25.5 Å². The Hall–Kier alpha value is -1.74. The summed E-state index contributed by atoms with van der Waals surface area (Å²) >= 11 is 1.13. The molecule has 0 aliphatic carbocycles. The highest BCUT2D eigenvalue weighted by molar-refractivity contribution is 7.93. The molecule has 0 aliphatic rings. The average molecular weight is 316 g/mol. The molecule has 1 heterocycles. The van der Waals surface area contributed by atoms with E-state index in [0.717, 1.165) is 17.4 Å². The van der Waals surface area contributed by atoms with Gasteiger partial charge in [-0.1, -0.05) is 18.3 Å². The zero-order chi connectivity index (χ0) is 14.9. The summed E-state index contributed by atoms with van der Waals surface area (Å²) in [6.07, 6.45) is 0.658. The van der Waals surface area contributed by atoms with Crippen molar-refractivity contribution in [2.45, 2.75) is 25.2 Å². The van der Waals surface area contributed by atoms with Crippen LogP contribution in [0.4, 0.5) is 15.2 Å². The van der Waals surface area contributed by atoms with Crippen LogP contribution in [0.1, 0.15) is 17.5 Å². The fourth-order valence-electron chi connectivity index (χ4n) is 1.56. The van der Waals surface area contributed by atoms with E-state index in [1.54, 1.807) is 0 Å². The topological polar surface area (TPSA) is 98.0 Å². The van der Waals surface area contributed by atoms with Gasteiger partial charge in [-0.15, -0.1) is 10.2 Å². The van der Waals surface area contributed by atoms with Crippen LogP contribution in [-0.4, -0.2) is 18.6 Å². The number of nitrogen functional groups attached to an aromatic ring is 1. The number of nitrogens with zero attached hydrogens (tertiary/aromatic N) is 2. The number of sulfonamides is 1. The van der Waals surface area contributed by atoms with E-state index in [2.05, 4.69) is 14.9 Å². The van der Waals surface area contributed by atoms with Gasteiger partial charge in [-0.25, -0.2) is 12.8 Å². The third-order valence-corrected chi connectivity index (χ3v) is 5.18. The molecule has 2 rings (SSSR count). The van der Waals surface area contributed by atoms with Gasteiger partial charge in [0, 0.05) is 11.3 Å². The second-order valence-electron chi connectivity index (χ2n) is 4.09. The molecule has 9 heteroatoms. The van der Waals surface area contributed by atoms with Gasteiger partial charge in [0.2, 0.25) is 5.13 Å². The number of hydrogen-bond acceptors (Lipinski definition) is 6. The first-order chi connectivity index (χ1) is 9.33. The first kappa shape index (κ1) is 14.7. The number of rotatable bonds is 4. The first-order valence-electron chi connectivity index (χ1n) is 5.74. The number of benzene rings is 1. The van der Waals surface area contributed by atoms with Gasteiger partial charge in [0.1, 0.15) is 10.8 Å². The molecule has 0 saturated carbocycles. The Morgan fingerprint density at radius 2 is 2.10 bits per heavy atom. The number of aryl methyl sites for hydroxylation is 1. The normalized spacial score (nSPS) is 11.6. The van der Waals surface area contributed by atoms with Crippen molar-refractivity contribution in [1.82, 2.24) is 10.2 Å². The van der Waals surface area contributed by atoms with Gasteiger partial charge in [-0.2, -0.15) is 0 Å². The Kier molecular flexibility index (Phi) is 3.91. The summed E-state index contributed by atoms with van der Waals surface area (Å²) in [4.78, 5) is -0.205. The lowest BCUT2D eigenvalue weighted by Crippen LogP contribution is -2.15. The molecule has 2 aromatic rings. The fraction of sp³-hybridized carbons (Fsp3) is 0.273. The summed E-state index contributed by atoms with van der Waals surface area (Å²) < 4.78 is 40.3. The zero-order valence-electron chi connectivity index (χ0n) is 10.8. The summed E-state index contributed by atoms with van der Waals surface area (Å²) in [6, 6.07) is 2.29. The quantitative estimate of drug-likeness (QED) is 0.840. The summed E-state index contributed by atoms with van der Waals surface area (Å²) in [7, 11) is -3.95. The minimum Gasteiger partial charge on any atom is -0.399 e. The van der Waals surface area contributed by atoms with Crippen LogP contribution < -0.4 is 10.5 Å². The van der Waals surface area contributed by atoms with Crippen LogP contribution in [0.5, 0.6) is 0 Å². The smallest absolute Gasteiger partial charge is 0.264 e. The SMILES string of the molecule is CCc1nnc(NS(=O)(=O)c2cc(N)cc(F)c2C)s1. The Balaban J connectivity index is 2.40. The number of nitrogens with two attached hydrogens (primary N) is 1. The van der Waals surface area contributed by atoms with Crippen LogP contribution in [0.25, 0.3) is 0 Å². The van der Waals surface area contributed by atoms with Crippen molar-refractivity contribution >= 4 is 32.2 Å². The minimum absolute atomic E-state index is 0.00642. The molecule has 0 bridgehead atoms. The van der Waals surface area contributed by atoms with Crippen LogP contribution in [0, 0.1) is 12.7 Å². The maximum absolute atomic E-state index is 13.6. The number of nitrogens with one attached hydrogen (secondary N) is 1. The largest absolute Gasteiger partial charge is 0.399 e. The lowest BCUT2D eigenvalue weighted by Gasteiger charge is -2.09. The van der Waals surface area contributed by atoms with E-state index in [4.69, 9.17) is 5.73 Å². The molecular formula is C11H13FN4O2S2. The molecule has 1 aromatic carbocycles. The average Bonchev–Trinajstić information content (AvgIpc) is 2.80. The summed E-state index contributed by atoms with van der Waals surface area (Å²) in [5.41, 5.74) is 5.53. The molecule has 0 aliphatic heterocycles. The monoisotopic (exact) mass is 316 g/mol. The van der Waals surface area contributed by atoms with Crippen molar-refractivity contribution in [3.8, 4) is 0 Å². The predicted octanol–water partition coefficient (Wildman–Crippen LogP) is 1.93. The highest BCUT2D eigenvalue weighted by Gasteiger charge is 2.21. The Bertz CT molecular complexity index is 743. The van der Waals surface area contributed by atoms with Crippen LogP contribution in [0.3, 0.4) is 0 Å². The van der Waals surface area contributed by atoms with Crippen LogP contribution in [-0.2, 0) is 16.4 Å². The number of hydrogen-bond donors (Lipinski definition) is 2. The second kappa shape index (κ2) is 5.33. The van der Waals surface area contributed by atoms with Crippen LogP contribution >= 0.6 is 11.3 Å². The summed E-state index contributed by atoms with van der Waals surface area (Å²) in [6.45, 7) is 3.26. The maximum atomic E-state index is 13.6.